The highest BCUT2D eigenvalue weighted by atomic mass is 16.5. The van der Waals surface area contributed by atoms with E-state index in [1.807, 2.05) is 43.3 Å². The average Bonchev–Trinajstić information content (AvgIpc) is 3.07. The number of rotatable bonds is 7. The van der Waals surface area contributed by atoms with Gasteiger partial charge in [0.2, 0.25) is 11.8 Å². The Morgan fingerprint density at radius 1 is 1.19 bits per heavy atom. The van der Waals surface area contributed by atoms with Crippen LogP contribution in [0.5, 0.6) is 5.88 Å². The van der Waals surface area contributed by atoms with Crippen molar-refractivity contribution in [1.29, 1.82) is 0 Å². The van der Waals surface area contributed by atoms with Gasteiger partial charge in [0.15, 0.2) is 0 Å². The van der Waals surface area contributed by atoms with Crippen LogP contribution in [-0.2, 0) is 16.1 Å². The minimum Gasteiger partial charge on any atom is -0.471 e. The van der Waals surface area contributed by atoms with Gasteiger partial charge in [-0.05, 0) is 43.7 Å². The number of oxazole rings is 1. The van der Waals surface area contributed by atoms with Crippen LogP contribution >= 0.6 is 0 Å². The summed E-state index contributed by atoms with van der Waals surface area (Å²) in [6.45, 7) is 4.22. The first-order valence-corrected chi connectivity index (χ1v) is 8.61. The minimum absolute atomic E-state index is 0.257. The van der Waals surface area contributed by atoms with Crippen molar-refractivity contribution in [1.82, 2.24) is 9.97 Å². The zero-order valence-corrected chi connectivity index (χ0v) is 15.2. The Bertz CT molecular complexity index is 915. The topological polar surface area (TPSA) is 74.5 Å². The molecule has 0 fully saturated rings. The van der Waals surface area contributed by atoms with Crippen LogP contribution in [0.3, 0.4) is 0 Å². The van der Waals surface area contributed by atoms with Crippen LogP contribution < -0.4 is 4.74 Å². The molecule has 0 N–H and O–H groups in total. The van der Waals surface area contributed by atoms with Crippen molar-refractivity contribution < 1.29 is 18.7 Å². The van der Waals surface area contributed by atoms with Gasteiger partial charge >= 0.3 is 5.97 Å². The number of ether oxygens (including phenoxy) is 2. The van der Waals surface area contributed by atoms with E-state index in [0.29, 0.717) is 24.1 Å². The van der Waals surface area contributed by atoms with Gasteiger partial charge in [-0.25, -0.2) is 14.8 Å². The molecule has 0 bridgehead atoms. The normalized spacial score (nSPS) is 10.9. The summed E-state index contributed by atoms with van der Waals surface area (Å²) >= 11 is 0. The summed E-state index contributed by atoms with van der Waals surface area (Å²) in [5, 5.41) is 0. The van der Waals surface area contributed by atoms with Crippen molar-refractivity contribution in [3.05, 3.63) is 71.8 Å². The molecular formula is C21H20N2O4. The molecule has 0 saturated carbocycles. The Morgan fingerprint density at radius 3 is 2.70 bits per heavy atom. The lowest BCUT2D eigenvalue weighted by Gasteiger charge is -2.03. The zero-order valence-electron chi connectivity index (χ0n) is 15.2. The van der Waals surface area contributed by atoms with Crippen LogP contribution in [0.25, 0.3) is 17.5 Å². The first-order chi connectivity index (χ1) is 13.2. The van der Waals surface area contributed by atoms with E-state index in [-0.39, 0.29) is 12.6 Å². The van der Waals surface area contributed by atoms with E-state index >= 15 is 0 Å². The molecule has 0 saturated heterocycles. The summed E-state index contributed by atoms with van der Waals surface area (Å²) in [6.07, 6.45) is 4.63. The maximum absolute atomic E-state index is 11.3. The number of nitrogens with zero attached hydrogens (tertiary/aromatic N) is 2. The summed E-state index contributed by atoms with van der Waals surface area (Å²) < 4.78 is 16.2. The number of esters is 1. The van der Waals surface area contributed by atoms with E-state index < -0.39 is 0 Å². The Labute approximate surface area is 157 Å². The summed E-state index contributed by atoms with van der Waals surface area (Å²) in [4.78, 5) is 20.0. The van der Waals surface area contributed by atoms with Gasteiger partial charge in [0, 0.05) is 23.9 Å². The van der Waals surface area contributed by atoms with Crippen molar-refractivity contribution in [3.63, 3.8) is 0 Å². The lowest BCUT2D eigenvalue weighted by molar-refractivity contribution is -0.137. The first kappa shape index (κ1) is 18.4. The molecule has 0 aliphatic heterocycles. The molecule has 3 rings (SSSR count). The van der Waals surface area contributed by atoms with Gasteiger partial charge in [-0.15, -0.1) is 0 Å². The van der Waals surface area contributed by atoms with Crippen molar-refractivity contribution in [2.24, 2.45) is 0 Å². The summed E-state index contributed by atoms with van der Waals surface area (Å²) in [5.41, 5.74) is 2.42. The molecule has 0 aliphatic carbocycles. The molecular weight excluding hydrogens is 344 g/mol. The molecule has 27 heavy (non-hydrogen) atoms. The lowest BCUT2D eigenvalue weighted by atomic mass is 10.2. The Morgan fingerprint density at radius 2 is 2.00 bits per heavy atom. The van der Waals surface area contributed by atoms with Crippen molar-refractivity contribution in [2.45, 2.75) is 20.5 Å². The second-order valence-electron chi connectivity index (χ2n) is 5.69. The van der Waals surface area contributed by atoms with Gasteiger partial charge in [0.1, 0.15) is 18.1 Å². The second-order valence-corrected chi connectivity index (χ2v) is 5.69. The Balaban J connectivity index is 1.60. The quantitative estimate of drug-likeness (QED) is 0.462. The number of carbonyl (C=O) groups excluding carboxylic acids is 1. The molecule has 0 spiro atoms. The fourth-order valence-corrected chi connectivity index (χ4v) is 2.34. The molecule has 0 radical (unpaired) electrons. The van der Waals surface area contributed by atoms with E-state index in [1.165, 1.54) is 6.08 Å². The third-order valence-electron chi connectivity index (χ3n) is 3.73. The molecule has 0 aliphatic rings. The molecule has 6 heteroatoms. The predicted molar refractivity (Wildman–Crippen MR) is 101 cm³/mol. The third-order valence-corrected chi connectivity index (χ3v) is 3.73. The lowest BCUT2D eigenvalue weighted by Crippen LogP contribution is -1.99. The second kappa shape index (κ2) is 8.80. The summed E-state index contributed by atoms with van der Waals surface area (Å²) in [6, 6.07) is 13.3. The van der Waals surface area contributed by atoms with Gasteiger partial charge in [-0.1, -0.05) is 18.2 Å². The molecule has 0 amide bonds. The smallest absolute Gasteiger partial charge is 0.330 e. The number of carbonyl (C=O) groups is 1. The number of pyridine rings is 1. The van der Waals surface area contributed by atoms with Crippen LogP contribution in [0.1, 0.15) is 23.9 Å². The van der Waals surface area contributed by atoms with E-state index in [4.69, 9.17) is 13.9 Å². The molecule has 6 nitrogen and oxygen atoms in total. The minimum atomic E-state index is -0.381. The monoisotopic (exact) mass is 364 g/mol. The molecule has 0 atom stereocenters. The number of aromatic nitrogens is 2. The van der Waals surface area contributed by atoms with Gasteiger partial charge < -0.3 is 13.9 Å². The molecule has 138 valence electrons. The highest BCUT2D eigenvalue weighted by Gasteiger charge is 2.12. The van der Waals surface area contributed by atoms with E-state index in [2.05, 4.69) is 9.97 Å². The van der Waals surface area contributed by atoms with Gasteiger partial charge in [0.05, 0.1) is 6.61 Å². The number of benzene rings is 1. The van der Waals surface area contributed by atoms with Crippen LogP contribution in [0.15, 0.2) is 59.2 Å². The SMILES string of the molecule is CCOC(=O)/C=C/c1ccc(OCc2nc(-c3ccccc3)oc2C)nc1. The third kappa shape index (κ3) is 5.04. The Kier molecular flexibility index (Phi) is 5.99. The van der Waals surface area contributed by atoms with E-state index in [1.54, 1.807) is 25.3 Å². The molecule has 2 heterocycles. The van der Waals surface area contributed by atoms with E-state index in [9.17, 15) is 4.79 Å². The molecule has 2 aromatic heterocycles. The molecule has 0 unspecified atom stereocenters. The fraction of sp³-hybridized carbons (Fsp3) is 0.190. The van der Waals surface area contributed by atoms with Crippen molar-refractivity contribution in [2.75, 3.05) is 6.61 Å². The fourth-order valence-electron chi connectivity index (χ4n) is 2.34. The van der Waals surface area contributed by atoms with Crippen molar-refractivity contribution >= 4 is 12.0 Å². The maximum atomic E-state index is 11.3. The van der Waals surface area contributed by atoms with Crippen LogP contribution in [0, 0.1) is 6.92 Å². The molecule has 1 aromatic carbocycles. The van der Waals surface area contributed by atoms with Gasteiger partial charge in [-0.2, -0.15) is 0 Å². The van der Waals surface area contributed by atoms with Crippen LogP contribution in [0.4, 0.5) is 0 Å². The summed E-state index contributed by atoms with van der Waals surface area (Å²) in [5.74, 6) is 1.36. The number of hydrogen-bond donors (Lipinski definition) is 0. The van der Waals surface area contributed by atoms with E-state index in [0.717, 1.165) is 16.8 Å². The van der Waals surface area contributed by atoms with Crippen LogP contribution in [-0.4, -0.2) is 22.5 Å². The maximum Gasteiger partial charge on any atom is 0.330 e. The Hall–Kier alpha value is -3.41. The first-order valence-electron chi connectivity index (χ1n) is 8.61. The standard InChI is InChI=1S/C21H20N2O4/c1-3-25-20(24)12-10-16-9-11-19(22-13-16)26-14-18-15(2)27-21(23-18)17-7-5-4-6-8-17/h4-13H,3,14H2,1-2H3/b12-10+. The van der Waals surface area contributed by atoms with Gasteiger partial charge in [0.25, 0.3) is 0 Å². The van der Waals surface area contributed by atoms with Crippen molar-refractivity contribution in [3.8, 4) is 17.3 Å². The number of aryl methyl sites for hydroxylation is 1. The van der Waals surface area contributed by atoms with Gasteiger partial charge in [-0.3, -0.25) is 0 Å². The largest absolute Gasteiger partial charge is 0.471 e. The predicted octanol–water partition coefficient (Wildman–Crippen LogP) is 4.20. The molecule has 3 aromatic rings. The highest BCUT2D eigenvalue weighted by molar-refractivity contribution is 5.86. The zero-order chi connectivity index (χ0) is 19.1. The summed E-state index contributed by atoms with van der Waals surface area (Å²) in [7, 11) is 0. The average molecular weight is 364 g/mol. The number of hydrogen-bond acceptors (Lipinski definition) is 6. The van der Waals surface area contributed by atoms with Crippen LogP contribution in [0.2, 0.25) is 0 Å². The highest BCUT2D eigenvalue weighted by Crippen LogP contribution is 2.22.